The molecule has 5 heterocycles. The van der Waals surface area contributed by atoms with Crippen LogP contribution in [0.15, 0.2) is 17.3 Å². The van der Waals surface area contributed by atoms with Crippen LogP contribution in [0.2, 0.25) is 0 Å². The topological polar surface area (TPSA) is 119 Å². The lowest BCUT2D eigenvalue weighted by atomic mass is 10.0. The summed E-state index contributed by atoms with van der Waals surface area (Å²) >= 11 is 0. The van der Waals surface area contributed by atoms with E-state index in [9.17, 15) is 5.11 Å². The van der Waals surface area contributed by atoms with Crippen molar-refractivity contribution >= 4 is 6.08 Å². The molecule has 5 atom stereocenters. The summed E-state index contributed by atoms with van der Waals surface area (Å²) < 4.78 is 19.2. The van der Waals surface area contributed by atoms with E-state index in [0.29, 0.717) is 31.1 Å². The van der Waals surface area contributed by atoms with Crippen molar-refractivity contribution in [3.8, 4) is 6.01 Å². The molecular weight excluding hydrogens is 376 g/mol. The van der Waals surface area contributed by atoms with Gasteiger partial charge in [0.25, 0.3) is 6.01 Å². The zero-order valence-corrected chi connectivity index (χ0v) is 16.5. The van der Waals surface area contributed by atoms with Crippen molar-refractivity contribution in [3.05, 3.63) is 28.8 Å². The number of imidazole rings is 1. The zero-order chi connectivity index (χ0) is 20.0. The smallest absolute Gasteiger partial charge is 0.298 e. The third kappa shape index (κ3) is 3.35. The molecule has 2 aromatic heterocycles. The molecule has 0 aliphatic carbocycles. The largest absolute Gasteiger partial charge is 0.429 e. The minimum Gasteiger partial charge on any atom is -0.429 e. The second kappa shape index (κ2) is 7.21. The van der Waals surface area contributed by atoms with Crippen LogP contribution in [-0.4, -0.2) is 62.2 Å². The van der Waals surface area contributed by atoms with E-state index in [2.05, 4.69) is 33.4 Å². The predicted molar refractivity (Wildman–Crippen MR) is 101 cm³/mol. The molecule has 3 aliphatic heterocycles. The molecule has 2 unspecified atom stereocenters. The van der Waals surface area contributed by atoms with Gasteiger partial charge in [-0.05, 0) is 12.5 Å². The Balaban J connectivity index is 1.36. The summed E-state index contributed by atoms with van der Waals surface area (Å²) in [4.78, 5) is 12.5. The van der Waals surface area contributed by atoms with Gasteiger partial charge in [-0.3, -0.25) is 10.00 Å². The standard InChI is InChI=1S/C19H26N6O4/c1-3-11-8-13-17(22-16(11)20-9-12-4-6-25(2)24-12)23-18(21-13)29-19-5-7-27-15(19)14(26)10-28-19/h4,6,8,11,14-16,20,26H,3,5,7,9-10H2,1-2H3,(H,21,22,23)/t11?,14-,15-,16?,19+/m1/s1. The molecule has 0 spiro atoms. The Hall–Kier alpha value is -2.27. The highest BCUT2D eigenvalue weighted by atomic mass is 16.7. The van der Waals surface area contributed by atoms with Crippen molar-refractivity contribution in [3.63, 3.8) is 0 Å². The van der Waals surface area contributed by atoms with E-state index in [1.807, 2.05) is 19.3 Å². The summed E-state index contributed by atoms with van der Waals surface area (Å²) in [5, 5.41) is 18.8. The van der Waals surface area contributed by atoms with Crippen LogP contribution in [0.3, 0.4) is 0 Å². The van der Waals surface area contributed by atoms with Gasteiger partial charge in [0.05, 0.1) is 24.3 Å². The van der Waals surface area contributed by atoms with Crippen molar-refractivity contribution in [1.29, 1.82) is 0 Å². The molecule has 0 bridgehead atoms. The van der Waals surface area contributed by atoms with E-state index in [-0.39, 0.29) is 18.7 Å². The average Bonchev–Trinajstić information content (AvgIpc) is 3.45. The van der Waals surface area contributed by atoms with Crippen LogP contribution in [0.25, 0.3) is 6.08 Å². The van der Waals surface area contributed by atoms with Crippen LogP contribution < -0.4 is 20.9 Å². The van der Waals surface area contributed by atoms with Gasteiger partial charge in [-0.25, -0.2) is 4.99 Å². The number of aliphatic hydroxyl groups excluding tert-OH is 1. The molecule has 156 valence electrons. The van der Waals surface area contributed by atoms with Gasteiger partial charge in [0, 0.05) is 32.1 Å². The molecule has 0 radical (unpaired) electrons. The predicted octanol–water partition coefficient (Wildman–Crippen LogP) is -1.05. The monoisotopic (exact) mass is 402 g/mol. The summed E-state index contributed by atoms with van der Waals surface area (Å²) in [6.45, 7) is 3.45. The number of fused-ring (bicyclic) bond motifs is 2. The minimum atomic E-state index is -0.985. The first-order chi connectivity index (χ1) is 14.1. The van der Waals surface area contributed by atoms with E-state index in [0.717, 1.165) is 17.5 Å². The zero-order valence-electron chi connectivity index (χ0n) is 16.5. The molecule has 2 saturated heterocycles. The van der Waals surface area contributed by atoms with Crippen molar-refractivity contribution in [2.24, 2.45) is 18.0 Å². The highest BCUT2D eigenvalue weighted by Crippen LogP contribution is 2.38. The van der Waals surface area contributed by atoms with Crippen LogP contribution in [0.5, 0.6) is 6.01 Å². The number of nitrogens with one attached hydrogen (secondary N) is 2. The van der Waals surface area contributed by atoms with Gasteiger partial charge in [0.2, 0.25) is 5.79 Å². The quantitative estimate of drug-likeness (QED) is 0.564. The fourth-order valence-corrected chi connectivity index (χ4v) is 4.23. The Morgan fingerprint density at radius 3 is 3.17 bits per heavy atom. The number of nitrogens with zero attached hydrogens (tertiary/aromatic N) is 4. The summed E-state index contributed by atoms with van der Waals surface area (Å²) in [5.74, 6) is -0.759. The molecule has 3 aliphatic rings. The van der Waals surface area contributed by atoms with Gasteiger partial charge in [0.15, 0.2) is 11.6 Å². The highest BCUT2D eigenvalue weighted by molar-refractivity contribution is 5.27. The van der Waals surface area contributed by atoms with Crippen LogP contribution >= 0.6 is 0 Å². The number of aromatic amines is 1. The molecule has 0 aromatic carbocycles. The van der Waals surface area contributed by atoms with Gasteiger partial charge < -0.3 is 24.3 Å². The number of hydrogen-bond donors (Lipinski definition) is 3. The lowest BCUT2D eigenvalue weighted by Crippen LogP contribution is -2.44. The first-order valence-corrected chi connectivity index (χ1v) is 10.1. The Morgan fingerprint density at radius 2 is 2.38 bits per heavy atom. The molecule has 0 saturated carbocycles. The maximum atomic E-state index is 10.1. The van der Waals surface area contributed by atoms with Crippen LogP contribution in [0.1, 0.15) is 25.5 Å². The number of ether oxygens (including phenoxy) is 3. The summed E-state index contributed by atoms with van der Waals surface area (Å²) in [5.41, 5.74) is 1.58. The summed E-state index contributed by atoms with van der Waals surface area (Å²) in [6, 6.07) is 2.32. The van der Waals surface area contributed by atoms with Gasteiger partial charge in [-0.15, -0.1) is 0 Å². The van der Waals surface area contributed by atoms with E-state index >= 15 is 0 Å². The number of aromatic nitrogens is 4. The Bertz CT molecular complexity index is 1000. The number of aliphatic hydroxyl groups is 1. The van der Waals surface area contributed by atoms with Crippen molar-refractivity contribution < 1.29 is 19.3 Å². The maximum Gasteiger partial charge on any atom is 0.298 e. The molecule has 5 rings (SSSR count). The lowest BCUT2D eigenvalue weighted by Gasteiger charge is -2.26. The Kier molecular flexibility index (Phi) is 4.66. The van der Waals surface area contributed by atoms with Gasteiger partial charge >= 0.3 is 0 Å². The molecule has 10 nitrogen and oxygen atoms in total. The highest BCUT2D eigenvalue weighted by Gasteiger charge is 2.57. The van der Waals surface area contributed by atoms with Crippen LogP contribution in [0, 0.1) is 5.92 Å². The van der Waals surface area contributed by atoms with Gasteiger partial charge in [-0.1, -0.05) is 13.0 Å². The van der Waals surface area contributed by atoms with E-state index < -0.39 is 18.0 Å². The molecule has 2 aromatic rings. The molecule has 0 amide bonds. The van der Waals surface area contributed by atoms with Crippen LogP contribution in [-0.2, 0) is 23.1 Å². The normalized spacial score (nSPS) is 33.1. The molecular formula is C19H26N6O4. The van der Waals surface area contributed by atoms with E-state index in [4.69, 9.17) is 19.2 Å². The molecule has 10 heteroatoms. The number of H-pyrrole nitrogens is 1. The second-order valence-electron chi connectivity index (χ2n) is 7.79. The van der Waals surface area contributed by atoms with Crippen molar-refractivity contribution in [2.75, 3.05) is 13.2 Å². The first kappa shape index (κ1) is 18.7. The molecule has 2 fully saturated rings. The van der Waals surface area contributed by atoms with E-state index in [1.54, 1.807) is 4.68 Å². The van der Waals surface area contributed by atoms with Gasteiger partial charge in [0.1, 0.15) is 12.3 Å². The Labute approximate surface area is 167 Å². The third-order valence-electron chi connectivity index (χ3n) is 5.77. The fourth-order valence-electron chi connectivity index (χ4n) is 4.23. The third-order valence-corrected chi connectivity index (χ3v) is 5.77. The number of hydrogen-bond acceptors (Lipinski definition) is 8. The lowest BCUT2D eigenvalue weighted by molar-refractivity contribution is -0.169. The summed E-state index contributed by atoms with van der Waals surface area (Å²) in [7, 11) is 1.90. The maximum absolute atomic E-state index is 10.1. The molecule has 29 heavy (non-hydrogen) atoms. The average molecular weight is 402 g/mol. The van der Waals surface area contributed by atoms with Crippen molar-refractivity contribution in [1.82, 2.24) is 25.1 Å². The number of aryl methyl sites for hydroxylation is 1. The molecule has 3 N–H and O–H groups in total. The van der Waals surface area contributed by atoms with Crippen LogP contribution in [0.4, 0.5) is 0 Å². The second-order valence-corrected chi connectivity index (χ2v) is 7.79. The first-order valence-electron chi connectivity index (χ1n) is 10.1. The van der Waals surface area contributed by atoms with Crippen molar-refractivity contribution in [2.45, 2.75) is 50.5 Å². The number of rotatable bonds is 6. The van der Waals surface area contributed by atoms with E-state index in [1.165, 1.54) is 0 Å². The SMILES string of the molecule is CCC1C=c2[nH]c(O[C@@]34CCO[C@@H]3[C@H](O)CO4)nc2=NC1NCc1ccn(C)n1. The fraction of sp³-hybridized carbons (Fsp3) is 0.632. The van der Waals surface area contributed by atoms with Gasteiger partial charge in [-0.2, -0.15) is 10.1 Å². The summed E-state index contributed by atoms with van der Waals surface area (Å²) in [6.07, 6.45) is 4.28. The minimum absolute atomic E-state index is 0.0871. The Morgan fingerprint density at radius 1 is 1.48 bits per heavy atom.